The summed E-state index contributed by atoms with van der Waals surface area (Å²) >= 11 is 0. The highest BCUT2D eigenvalue weighted by Gasteiger charge is 2.39. The summed E-state index contributed by atoms with van der Waals surface area (Å²) < 4.78 is 82.4. The lowest BCUT2D eigenvalue weighted by Gasteiger charge is -2.34. The first kappa shape index (κ1) is 40.9. The zero-order chi connectivity index (χ0) is 36.1. The zero-order valence-electron chi connectivity index (χ0n) is 26.7. The topological polar surface area (TPSA) is 136 Å². The minimum Gasteiger partial charge on any atom is -0.497 e. The molecule has 1 N–H and O–H groups in total. The van der Waals surface area contributed by atoms with Crippen LogP contribution < -0.4 is 10.1 Å². The number of hydrogen-bond acceptors (Lipinski definition) is 8. The van der Waals surface area contributed by atoms with Crippen LogP contribution in [0.1, 0.15) is 45.6 Å². The maximum absolute atomic E-state index is 13.7. The van der Waals surface area contributed by atoms with Crippen molar-refractivity contribution in [2.75, 3.05) is 13.7 Å². The molecule has 0 spiro atoms. The second-order valence-electron chi connectivity index (χ2n) is 11.4. The largest absolute Gasteiger partial charge is 0.497 e. The van der Waals surface area contributed by atoms with Gasteiger partial charge in [0.05, 0.1) is 12.0 Å². The van der Waals surface area contributed by atoms with Crippen molar-refractivity contribution in [3.05, 3.63) is 96.1 Å². The van der Waals surface area contributed by atoms with E-state index in [0.29, 0.717) is 18.6 Å². The Morgan fingerprint density at radius 1 is 0.917 bits per heavy atom. The Bertz CT molecular complexity index is 1700. The predicted octanol–water partition coefficient (Wildman–Crippen LogP) is 5.98. The van der Waals surface area contributed by atoms with E-state index in [2.05, 4.69) is 26.7 Å². The van der Waals surface area contributed by atoms with E-state index in [4.69, 9.17) is 17.9 Å². The molecule has 48 heavy (non-hydrogen) atoms. The quantitative estimate of drug-likeness (QED) is 0.220. The molecule has 10 nitrogen and oxygen atoms in total. The Morgan fingerprint density at radius 2 is 1.50 bits per heavy atom. The highest BCUT2D eigenvalue weighted by molar-refractivity contribution is 8.31. The van der Waals surface area contributed by atoms with E-state index >= 15 is 0 Å². The van der Waals surface area contributed by atoms with Crippen LogP contribution >= 0.6 is 21.4 Å². The van der Waals surface area contributed by atoms with Gasteiger partial charge in [-0.1, -0.05) is 42.8 Å². The number of ether oxygens (including phenoxy) is 2. The van der Waals surface area contributed by atoms with Crippen molar-refractivity contribution < 1.29 is 44.7 Å². The lowest BCUT2D eigenvalue weighted by Crippen LogP contribution is -2.55. The number of carbonyl (C=O) groups excluding carboxylic acids is 2. The number of methoxy groups -OCH3 is 1. The van der Waals surface area contributed by atoms with Gasteiger partial charge in [0.2, 0.25) is 15.9 Å². The Labute approximate surface area is 289 Å². The first-order chi connectivity index (χ1) is 22.3. The predicted molar refractivity (Wildman–Crippen MR) is 179 cm³/mol. The van der Waals surface area contributed by atoms with Crippen molar-refractivity contribution in [3.63, 3.8) is 0 Å². The van der Waals surface area contributed by atoms with Crippen LogP contribution in [-0.2, 0) is 39.0 Å². The van der Waals surface area contributed by atoms with Crippen LogP contribution in [0.4, 0.5) is 8.78 Å². The molecule has 264 valence electrons. The van der Waals surface area contributed by atoms with Gasteiger partial charge >= 0.3 is 14.2 Å². The van der Waals surface area contributed by atoms with Gasteiger partial charge in [0.15, 0.2) is 0 Å². The fourth-order valence-electron chi connectivity index (χ4n) is 4.46. The van der Waals surface area contributed by atoms with E-state index in [1.165, 1.54) is 24.3 Å². The Morgan fingerprint density at radius 3 is 2.00 bits per heavy atom. The average Bonchev–Trinajstić information content (AvgIpc) is 3.00. The maximum atomic E-state index is 13.7. The van der Waals surface area contributed by atoms with E-state index in [-0.39, 0.29) is 30.1 Å². The number of piperidine rings is 1. The molecule has 0 unspecified atom stereocenters. The molecule has 0 aromatic heterocycles. The molecule has 0 aliphatic carbocycles. The van der Waals surface area contributed by atoms with Crippen molar-refractivity contribution >= 4 is 51.5 Å². The summed E-state index contributed by atoms with van der Waals surface area (Å²) in [5, 5.41) is 2.73. The number of esters is 1. The molecule has 16 heteroatoms. The van der Waals surface area contributed by atoms with Gasteiger partial charge in [-0.25, -0.2) is 22.0 Å². The summed E-state index contributed by atoms with van der Waals surface area (Å²) in [5.74, 6) is -1.43. The molecule has 1 heterocycles. The first-order valence-electron chi connectivity index (χ1n) is 14.6. The van der Waals surface area contributed by atoms with Gasteiger partial charge in [0.25, 0.3) is 0 Å². The van der Waals surface area contributed by atoms with Crippen molar-refractivity contribution in [2.24, 2.45) is 0 Å². The van der Waals surface area contributed by atoms with Crippen LogP contribution in [0, 0.1) is 11.6 Å². The Hall–Kier alpha value is -3.30. The highest BCUT2D eigenvalue weighted by Crippen LogP contribution is 2.26. The lowest BCUT2D eigenvalue weighted by atomic mass is 10.0. The summed E-state index contributed by atoms with van der Waals surface area (Å²) in [5.41, 5.74) is -0.0165. The number of hydrogen-bond donors (Lipinski definition) is 1. The van der Waals surface area contributed by atoms with E-state index in [9.17, 15) is 26.8 Å². The number of nitrogens with zero attached hydrogens (tertiary/aromatic N) is 1. The molecule has 3 aromatic rings. The smallest absolute Gasteiger partial charge is 0.329 e. The van der Waals surface area contributed by atoms with Gasteiger partial charge in [-0.3, -0.25) is 4.79 Å². The van der Waals surface area contributed by atoms with Crippen molar-refractivity contribution in [2.45, 2.75) is 69.0 Å². The molecule has 3 aromatic carbocycles. The number of carbonyl (C=O) groups is 2. The molecule has 1 aliphatic heterocycles. The van der Waals surface area contributed by atoms with E-state index in [0.717, 1.165) is 22.0 Å². The molecular weight excluding hydrogens is 713 g/mol. The third-order valence-electron chi connectivity index (χ3n) is 6.50. The van der Waals surface area contributed by atoms with Gasteiger partial charge in [0.1, 0.15) is 35.1 Å². The molecule has 2 atom stereocenters. The van der Waals surface area contributed by atoms with Crippen molar-refractivity contribution in [3.8, 4) is 5.75 Å². The molecule has 0 radical (unpaired) electrons. The summed E-state index contributed by atoms with van der Waals surface area (Å²) in [4.78, 5) is 26.2. The summed E-state index contributed by atoms with van der Waals surface area (Å²) in [7, 11) is 2.23. The average molecular weight is 752 g/mol. The molecule has 1 aliphatic rings. The monoisotopic (exact) mass is 750 g/mol. The minimum absolute atomic E-state index is 0.118. The van der Waals surface area contributed by atoms with Crippen LogP contribution in [-0.4, -0.2) is 64.4 Å². The second-order valence-corrected chi connectivity index (χ2v) is 17.0. The van der Waals surface area contributed by atoms with E-state index < -0.39 is 53.7 Å². The van der Waals surface area contributed by atoms with Crippen LogP contribution in [0.2, 0.25) is 0 Å². The highest BCUT2D eigenvalue weighted by atomic mass is 36.0. The SMILES string of the molecule is COc1ccc(C[C@H](NC(=O)[C@@H]2CCCCN2S(=O)(=O)c2cccc(F)c2)C(=O)OC(C)(C)C)cc1.Fc1ccccc1.O=S(=O)(Cl)Cl. The van der Waals surface area contributed by atoms with Gasteiger partial charge in [0, 0.05) is 34.3 Å². The fourth-order valence-corrected chi connectivity index (χ4v) is 6.15. The van der Waals surface area contributed by atoms with E-state index in [1.54, 1.807) is 70.3 Å². The first-order valence-corrected chi connectivity index (χ1v) is 19.2. The normalized spacial score (nSPS) is 15.8. The fraction of sp³-hybridized carbons (Fsp3) is 0.375. The van der Waals surface area contributed by atoms with Crippen molar-refractivity contribution in [1.29, 1.82) is 0 Å². The Kier molecular flexibility index (Phi) is 15.7. The van der Waals surface area contributed by atoms with Gasteiger partial charge in [-0.15, -0.1) is 0 Å². The van der Waals surface area contributed by atoms with Crippen LogP contribution in [0.15, 0.2) is 83.8 Å². The standard InChI is InChI=1S/C26H33FN2O6S.C6H5F.Cl2O2S/c1-26(2,3)35-25(31)22(16-18-11-13-20(34-4)14-12-18)28-24(30)23-10-5-6-15-29(23)36(32,33)21-9-7-8-19(27)17-21;7-6-4-2-1-3-5-6;1-5(2,3)4/h7-9,11-14,17,22-23H,5-6,10,15-16H2,1-4H3,(H,28,30);1-5H;/t22-,23-;;/m0../s1. The van der Waals surface area contributed by atoms with Crippen molar-refractivity contribution in [1.82, 2.24) is 9.62 Å². The number of halogens is 4. The van der Waals surface area contributed by atoms with Crippen LogP contribution in [0.25, 0.3) is 0 Å². The van der Waals surface area contributed by atoms with Crippen LogP contribution in [0.5, 0.6) is 5.75 Å². The number of amides is 1. The molecular formula is C32H38Cl2F2N2O8S2. The summed E-state index contributed by atoms with van der Waals surface area (Å²) in [6.07, 6.45) is 1.64. The Balaban J connectivity index is 0.000000560. The number of rotatable bonds is 8. The number of sulfonamides is 1. The number of nitrogens with one attached hydrogen (secondary N) is 1. The van der Waals surface area contributed by atoms with Gasteiger partial charge < -0.3 is 14.8 Å². The molecule has 1 fully saturated rings. The summed E-state index contributed by atoms with van der Waals surface area (Å²) in [6.45, 7) is 5.30. The third-order valence-corrected chi connectivity index (χ3v) is 8.40. The van der Waals surface area contributed by atoms with E-state index in [1.807, 2.05) is 0 Å². The second kappa shape index (κ2) is 18.5. The zero-order valence-corrected chi connectivity index (χ0v) is 29.9. The van der Waals surface area contributed by atoms with Gasteiger partial charge in [-0.05, 0) is 81.6 Å². The van der Waals surface area contributed by atoms with Crippen LogP contribution in [0.3, 0.4) is 0 Å². The number of benzene rings is 3. The molecule has 1 saturated heterocycles. The summed E-state index contributed by atoms with van der Waals surface area (Å²) in [6, 6.07) is 17.6. The molecule has 4 rings (SSSR count). The molecule has 0 saturated carbocycles. The third kappa shape index (κ3) is 14.9. The lowest BCUT2D eigenvalue weighted by molar-refractivity contribution is -0.158. The molecule has 0 bridgehead atoms. The van der Waals surface area contributed by atoms with Gasteiger partial charge in [-0.2, -0.15) is 12.7 Å². The molecule has 1 amide bonds. The minimum atomic E-state index is -4.13. The maximum Gasteiger partial charge on any atom is 0.329 e.